The van der Waals surface area contributed by atoms with E-state index < -0.39 is 0 Å². The van der Waals surface area contributed by atoms with Crippen molar-refractivity contribution in [1.82, 2.24) is 16.0 Å². The molecule has 3 aliphatic rings. The molecule has 0 aromatic carbocycles. The van der Waals surface area contributed by atoms with Gasteiger partial charge in [-0.25, -0.2) is 0 Å². The van der Waals surface area contributed by atoms with Crippen LogP contribution in [-0.2, 0) is 14.3 Å². The predicted molar refractivity (Wildman–Crippen MR) is 96.0 cm³/mol. The molecule has 2 aliphatic heterocycles. The summed E-state index contributed by atoms with van der Waals surface area (Å²) in [6.07, 6.45) is 7.05. The van der Waals surface area contributed by atoms with Crippen LogP contribution in [-0.4, -0.2) is 50.2 Å². The van der Waals surface area contributed by atoms with Gasteiger partial charge in [0, 0.05) is 12.1 Å². The zero-order chi connectivity index (χ0) is 17.8. The smallest absolute Gasteiger partial charge is 0.307 e. The van der Waals surface area contributed by atoms with Crippen molar-refractivity contribution in [3.8, 4) is 0 Å². The van der Waals surface area contributed by atoms with Crippen LogP contribution in [0.5, 0.6) is 0 Å². The Morgan fingerprint density at radius 2 is 2.08 bits per heavy atom. The lowest BCUT2D eigenvalue weighted by Crippen LogP contribution is -2.52. The first-order valence-electron chi connectivity index (χ1n) is 9.92. The van der Waals surface area contributed by atoms with Gasteiger partial charge in [0.15, 0.2) is 0 Å². The van der Waals surface area contributed by atoms with Crippen molar-refractivity contribution in [2.24, 2.45) is 17.8 Å². The Morgan fingerprint density at radius 3 is 2.76 bits per heavy atom. The number of methoxy groups -OCH3 is 1. The first-order valence-corrected chi connectivity index (χ1v) is 9.92. The largest absolute Gasteiger partial charge is 0.469 e. The summed E-state index contributed by atoms with van der Waals surface area (Å²) in [4.78, 5) is 24.7. The molecule has 6 atom stereocenters. The lowest BCUT2D eigenvalue weighted by molar-refractivity contribution is -0.141. The first kappa shape index (κ1) is 18.6. The zero-order valence-corrected chi connectivity index (χ0v) is 15.6. The number of amides is 1. The minimum Gasteiger partial charge on any atom is -0.469 e. The second-order valence-corrected chi connectivity index (χ2v) is 8.15. The van der Waals surface area contributed by atoms with Gasteiger partial charge in [-0.2, -0.15) is 0 Å². The number of carbonyl (C=O) groups is 2. The maximum absolute atomic E-state index is 12.9. The Hall–Kier alpha value is -1.14. The van der Waals surface area contributed by atoms with Crippen LogP contribution in [0.25, 0.3) is 0 Å². The number of fused-ring (bicyclic) bond motifs is 1. The van der Waals surface area contributed by atoms with Crippen LogP contribution in [0.4, 0.5) is 0 Å². The van der Waals surface area contributed by atoms with E-state index in [0.29, 0.717) is 23.8 Å². The average Bonchev–Trinajstić information content (AvgIpc) is 3.07. The molecular weight excluding hydrogens is 318 g/mol. The Morgan fingerprint density at radius 1 is 1.24 bits per heavy atom. The Balaban J connectivity index is 1.60. The van der Waals surface area contributed by atoms with Crippen molar-refractivity contribution in [2.75, 3.05) is 20.2 Å². The minimum absolute atomic E-state index is 0.0566. The van der Waals surface area contributed by atoms with Gasteiger partial charge in [0.2, 0.25) is 5.91 Å². The molecule has 142 valence electrons. The summed E-state index contributed by atoms with van der Waals surface area (Å²) in [5.74, 6) is 1.36. The fraction of sp³-hybridized carbons (Fsp3) is 0.895. The topological polar surface area (TPSA) is 79.5 Å². The van der Waals surface area contributed by atoms with Gasteiger partial charge in [0.05, 0.1) is 19.6 Å². The maximum Gasteiger partial charge on any atom is 0.307 e. The second-order valence-electron chi connectivity index (χ2n) is 8.15. The fourth-order valence-corrected chi connectivity index (χ4v) is 4.98. The molecule has 5 unspecified atom stereocenters. The van der Waals surface area contributed by atoms with Crippen molar-refractivity contribution < 1.29 is 14.3 Å². The number of ether oxygens (including phenoxy) is 1. The van der Waals surface area contributed by atoms with Gasteiger partial charge in [0.1, 0.15) is 0 Å². The molecule has 3 rings (SSSR count). The molecule has 25 heavy (non-hydrogen) atoms. The molecule has 0 aromatic rings. The molecular formula is C19H33N3O3. The molecule has 2 heterocycles. The van der Waals surface area contributed by atoms with E-state index >= 15 is 0 Å². The number of hydrogen-bond acceptors (Lipinski definition) is 5. The van der Waals surface area contributed by atoms with Crippen LogP contribution in [0.3, 0.4) is 0 Å². The van der Waals surface area contributed by atoms with Crippen LogP contribution in [0, 0.1) is 17.8 Å². The molecule has 1 amide bonds. The Bertz CT molecular complexity index is 479. The molecule has 0 spiro atoms. The summed E-state index contributed by atoms with van der Waals surface area (Å²) in [6, 6.07) is 0.210. The highest BCUT2D eigenvalue weighted by molar-refractivity contribution is 5.83. The molecule has 6 heteroatoms. The average molecular weight is 351 g/mol. The van der Waals surface area contributed by atoms with Gasteiger partial charge in [0.25, 0.3) is 0 Å². The van der Waals surface area contributed by atoms with E-state index in [9.17, 15) is 9.59 Å². The Kier molecular flexibility index (Phi) is 6.34. The third-order valence-electron chi connectivity index (χ3n) is 6.45. The van der Waals surface area contributed by atoms with Gasteiger partial charge in [-0.1, -0.05) is 13.3 Å². The molecule has 3 fully saturated rings. The monoisotopic (exact) mass is 351 g/mol. The van der Waals surface area contributed by atoms with Crippen molar-refractivity contribution in [3.63, 3.8) is 0 Å². The summed E-state index contributed by atoms with van der Waals surface area (Å²) in [6.45, 7) is 4.15. The van der Waals surface area contributed by atoms with Crippen LogP contribution >= 0.6 is 0 Å². The molecule has 0 bridgehead atoms. The number of rotatable bonds is 5. The van der Waals surface area contributed by atoms with E-state index in [1.807, 2.05) is 0 Å². The van der Waals surface area contributed by atoms with E-state index in [1.165, 1.54) is 26.4 Å². The van der Waals surface area contributed by atoms with E-state index in [0.717, 1.165) is 32.4 Å². The third kappa shape index (κ3) is 4.53. The van der Waals surface area contributed by atoms with Crippen LogP contribution in [0.2, 0.25) is 0 Å². The predicted octanol–water partition coefficient (Wildman–Crippen LogP) is 1.20. The Labute approximate surface area is 150 Å². The number of esters is 1. The SMILES string of the molecule is COC(=O)C[C@@H](NC(=O)C1CC2CCCC(C)C2N1)C1CCCNC1. The van der Waals surface area contributed by atoms with Gasteiger partial charge < -0.3 is 20.7 Å². The molecule has 0 aromatic heterocycles. The van der Waals surface area contributed by atoms with Crippen molar-refractivity contribution in [1.29, 1.82) is 0 Å². The molecule has 3 N–H and O–H groups in total. The van der Waals surface area contributed by atoms with Gasteiger partial charge in [-0.05, 0) is 62.9 Å². The lowest BCUT2D eigenvalue weighted by atomic mass is 9.78. The van der Waals surface area contributed by atoms with Crippen LogP contribution in [0.1, 0.15) is 51.9 Å². The quantitative estimate of drug-likeness (QED) is 0.649. The van der Waals surface area contributed by atoms with Gasteiger partial charge in [-0.15, -0.1) is 0 Å². The third-order valence-corrected chi connectivity index (χ3v) is 6.45. The summed E-state index contributed by atoms with van der Waals surface area (Å²) in [5, 5.41) is 10.1. The van der Waals surface area contributed by atoms with Crippen molar-refractivity contribution in [3.05, 3.63) is 0 Å². The summed E-state index contributed by atoms with van der Waals surface area (Å²) in [7, 11) is 1.41. The number of hydrogen-bond donors (Lipinski definition) is 3. The maximum atomic E-state index is 12.9. The zero-order valence-electron chi connectivity index (χ0n) is 15.6. The van der Waals surface area contributed by atoms with Crippen LogP contribution in [0.15, 0.2) is 0 Å². The highest BCUT2D eigenvalue weighted by Gasteiger charge is 2.42. The van der Waals surface area contributed by atoms with Crippen LogP contribution < -0.4 is 16.0 Å². The van der Waals surface area contributed by atoms with E-state index in [4.69, 9.17) is 4.74 Å². The molecule has 2 saturated heterocycles. The minimum atomic E-state index is -0.252. The molecule has 1 saturated carbocycles. The fourth-order valence-electron chi connectivity index (χ4n) is 4.98. The van der Waals surface area contributed by atoms with E-state index in [1.54, 1.807) is 0 Å². The second kappa shape index (κ2) is 8.49. The molecule has 0 radical (unpaired) electrons. The van der Waals surface area contributed by atoms with Crippen molar-refractivity contribution >= 4 is 11.9 Å². The number of nitrogens with one attached hydrogen (secondary N) is 3. The van der Waals surface area contributed by atoms with E-state index in [-0.39, 0.29) is 30.4 Å². The first-order chi connectivity index (χ1) is 12.1. The lowest BCUT2D eigenvalue weighted by Gasteiger charge is -2.32. The summed E-state index contributed by atoms with van der Waals surface area (Å²) < 4.78 is 4.84. The molecule has 1 aliphatic carbocycles. The number of carbonyl (C=O) groups excluding carboxylic acids is 2. The van der Waals surface area contributed by atoms with Gasteiger partial charge in [-0.3, -0.25) is 9.59 Å². The van der Waals surface area contributed by atoms with Gasteiger partial charge >= 0.3 is 5.97 Å². The molecule has 6 nitrogen and oxygen atoms in total. The van der Waals surface area contributed by atoms with E-state index in [2.05, 4.69) is 22.9 Å². The van der Waals surface area contributed by atoms with Crippen molar-refractivity contribution in [2.45, 2.75) is 70.0 Å². The summed E-state index contributed by atoms with van der Waals surface area (Å²) >= 11 is 0. The number of piperidine rings is 1. The normalized spacial score (nSPS) is 36.3. The standard InChI is InChI=1S/C19H33N3O3/c1-12-5-3-6-13-9-16(21-18(12)13)19(24)22-15(10-17(23)25-2)14-7-4-8-20-11-14/h12-16,18,20-21H,3-11H2,1-2H3,(H,22,24)/t12?,13?,14?,15-,16?,18?/m1/s1. The summed E-state index contributed by atoms with van der Waals surface area (Å²) in [5.41, 5.74) is 0. The highest BCUT2D eigenvalue weighted by atomic mass is 16.5. The highest BCUT2D eigenvalue weighted by Crippen LogP contribution is 2.36.